The number of hydrogen-bond acceptors (Lipinski definition) is 6. The van der Waals surface area contributed by atoms with Crippen molar-refractivity contribution in [1.82, 2.24) is 9.80 Å². The molecule has 0 aromatic heterocycles. The minimum atomic E-state index is -0.0489. The van der Waals surface area contributed by atoms with Crippen molar-refractivity contribution in [3.63, 3.8) is 0 Å². The Bertz CT molecular complexity index is 986. The summed E-state index contributed by atoms with van der Waals surface area (Å²) in [5.41, 5.74) is 12.7. The summed E-state index contributed by atoms with van der Waals surface area (Å²) in [6, 6.07) is 6.19. The van der Waals surface area contributed by atoms with Gasteiger partial charge in [-0.05, 0) is 50.5 Å². The first-order valence-corrected chi connectivity index (χ1v) is 11.5. The van der Waals surface area contributed by atoms with Crippen LogP contribution in [0.4, 0.5) is 0 Å². The Morgan fingerprint density at radius 1 is 0.969 bits per heavy atom. The van der Waals surface area contributed by atoms with Crippen molar-refractivity contribution in [2.45, 2.75) is 40.7 Å². The Morgan fingerprint density at radius 3 is 2.28 bits per heavy atom. The predicted molar refractivity (Wildman–Crippen MR) is 127 cm³/mol. The Balaban J connectivity index is 1.39. The normalized spacial score (nSPS) is 24.7. The molecule has 2 aliphatic heterocycles. The summed E-state index contributed by atoms with van der Waals surface area (Å²) >= 11 is 0. The fraction of sp³-hybridized carbons (Fsp3) is 0.538. The summed E-state index contributed by atoms with van der Waals surface area (Å²) in [5.74, 6) is 3.54. The lowest BCUT2D eigenvalue weighted by atomic mass is 9.85. The maximum atomic E-state index is 6.78. The molecule has 174 valence electrons. The van der Waals surface area contributed by atoms with E-state index in [4.69, 9.17) is 19.9 Å². The minimum absolute atomic E-state index is 0.0489. The fourth-order valence-electron chi connectivity index (χ4n) is 5.29. The summed E-state index contributed by atoms with van der Waals surface area (Å²) in [4.78, 5) is 5.08. The van der Waals surface area contributed by atoms with Crippen LogP contribution in [0.2, 0.25) is 0 Å². The number of rotatable bonds is 6. The van der Waals surface area contributed by atoms with Crippen molar-refractivity contribution in [3.8, 4) is 11.5 Å². The van der Waals surface area contributed by atoms with Crippen LogP contribution < -0.4 is 15.2 Å². The molecule has 2 heterocycles. The highest BCUT2D eigenvalue weighted by Crippen LogP contribution is 2.50. The number of hydrogen-bond donors (Lipinski definition) is 1. The third kappa shape index (κ3) is 4.14. The van der Waals surface area contributed by atoms with E-state index in [1.54, 1.807) is 14.2 Å². The molecule has 1 aromatic rings. The van der Waals surface area contributed by atoms with E-state index in [1.165, 1.54) is 22.3 Å². The molecule has 1 atom stereocenters. The number of ether oxygens (including phenoxy) is 3. The summed E-state index contributed by atoms with van der Waals surface area (Å²) in [7, 11) is 3.35. The highest BCUT2D eigenvalue weighted by Gasteiger charge is 2.43. The zero-order valence-corrected chi connectivity index (χ0v) is 20.4. The van der Waals surface area contributed by atoms with E-state index in [-0.39, 0.29) is 5.41 Å². The first-order chi connectivity index (χ1) is 15.3. The lowest BCUT2D eigenvalue weighted by Gasteiger charge is -2.39. The number of methoxy groups -OCH3 is 2. The molecular formula is C26H37N3O3. The van der Waals surface area contributed by atoms with Gasteiger partial charge in [-0.1, -0.05) is 13.0 Å². The van der Waals surface area contributed by atoms with Crippen molar-refractivity contribution < 1.29 is 14.2 Å². The zero-order chi connectivity index (χ0) is 23.0. The third-order valence-electron chi connectivity index (χ3n) is 7.31. The van der Waals surface area contributed by atoms with Crippen molar-refractivity contribution in [3.05, 3.63) is 57.7 Å². The molecule has 0 bridgehead atoms. The second kappa shape index (κ2) is 8.83. The summed E-state index contributed by atoms with van der Waals surface area (Å²) in [5, 5.41) is 0. The average Bonchev–Trinajstić information content (AvgIpc) is 3.04. The molecule has 2 N–H and O–H groups in total. The van der Waals surface area contributed by atoms with Gasteiger partial charge < -0.3 is 19.9 Å². The van der Waals surface area contributed by atoms with E-state index >= 15 is 0 Å². The lowest BCUT2D eigenvalue weighted by molar-refractivity contribution is 0.0989. The Hall–Kier alpha value is -2.44. The largest absolute Gasteiger partial charge is 0.493 e. The number of allylic oxidation sites excluding steroid dienone is 5. The first kappa shape index (κ1) is 22.7. The van der Waals surface area contributed by atoms with E-state index in [2.05, 4.69) is 42.7 Å². The van der Waals surface area contributed by atoms with Crippen LogP contribution in [0.25, 0.3) is 0 Å². The number of piperazine rings is 1. The first-order valence-electron chi connectivity index (χ1n) is 11.5. The monoisotopic (exact) mass is 439 g/mol. The van der Waals surface area contributed by atoms with Crippen LogP contribution in [-0.4, -0.2) is 56.7 Å². The summed E-state index contributed by atoms with van der Waals surface area (Å²) in [6.45, 7) is 14.6. The summed E-state index contributed by atoms with van der Waals surface area (Å²) in [6.07, 6.45) is 0.955. The SMILES string of the molecule is COc1ccc(CN2CCN(CC3(C)CC4=C(C)OC(C)=C(C)C4=C3N)CC2)cc1OC. The highest BCUT2D eigenvalue weighted by molar-refractivity contribution is 5.58. The van der Waals surface area contributed by atoms with Crippen LogP contribution in [0.5, 0.6) is 11.5 Å². The van der Waals surface area contributed by atoms with Gasteiger partial charge in [0.15, 0.2) is 11.5 Å². The molecule has 0 amide bonds. The van der Waals surface area contributed by atoms with Gasteiger partial charge in [0.1, 0.15) is 11.5 Å². The molecule has 1 fully saturated rings. The molecule has 32 heavy (non-hydrogen) atoms. The van der Waals surface area contributed by atoms with Gasteiger partial charge in [-0.15, -0.1) is 0 Å². The smallest absolute Gasteiger partial charge is 0.161 e. The molecular weight excluding hydrogens is 402 g/mol. The number of nitrogens with zero attached hydrogens (tertiary/aromatic N) is 2. The number of fused-ring (bicyclic) bond motifs is 1. The van der Waals surface area contributed by atoms with Gasteiger partial charge in [0.2, 0.25) is 0 Å². The molecule has 1 saturated heterocycles. The Labute approximate surface area is 192 Å². The van der Waals surface area contributed by atoms with E-state index in [1.807, 2.05) is 13.0 Å². The molecule has 0 radical (unpaired) electrons. The zero-order valence-electron chi connectivity index (χ0n) is 20.4. The summed E-state index contributed by atoms with van der Waals surface area (Å²) < 4.78 is 16.8. The van der Waals surface area contributed by atoms with Crippen molar-refractivity contribution in [1.29, 1.82) is 0 Å². The third-order valence-corrected chi connectivity index (χ3v) is 7.31. The maximum Gasteiger partial charge on any atom is 0.161 e. The van der Waals surface area contributed by atoms with Gasteiger partial charge in [0.05, 0.1) is 14.2 Å². The van der Waals surface area contributed by atoms with Crippen LogP contribution >= 0.6 is 0 Å². The van der Waals surface area contributed by atoms with Crippen LogP contribution in [0.3, 0.4) is 0 Å². The predicted octanol–water partition coefficient (Wildman–Crippen LogP) is 4.04. The maximum absolute atomic E-state index is 6.78. The standard InChI is InChI=1S/C26H37N3O3/c1-17-18(2)32-19(3)21-14-26(4,25(27)24(17)21)16-29-11-9-28(10-12-29)15-20-7-8-22(30-5)23(13-20)31-6/h7-8,13H,9-12,14-16,27H2,1-6H3. The Morgan fingerprint density at radius 2 is 1.62 bits per heavy atom. The van der Waals surface area contributed by atoms with Gasteiger partial charge in [0.25, 0.3) is 0 Å². The van der Waals surface area contributed by atoms with Gasteiger partial charge >= 0.3 is 0 Å². The lowest BCUT2D eigenvalue weighted by Crippen LogP contribution is -2.49. The van der Waals surface area contributed by atoms with E-state index in [0.717, 1.165) is 74.4 Å². The van der Waals surface area contributed by atoms with Crippen molar-refractivity contribution in [2.24, 2.45) is 11.1 Å². The van der Waals surface area contributed by atoms with E-state index in [0.29, 0.717) is 0 Å². The molecule has 1 unspecified atom stereocenters. The van der Waals surface area contributed by atoms with Crippen LogP contribution in [0.15, 0.2) is 52.1 Å². The minimum Gasteiger partial charge on any atom is -0.493 e. The fourth-order valence-corrected chi connectivity index (χ4v) is 5.29. The number of nitrogens with two attached hydrogens (primary N) is 1. The molecule has 3 aliphatic rings. The highest BCUT2D eigenvalue weighted by atomic mass is 16.5. The molecule has 0 spiro atoms. The van der Waals surface area contributed by atoms with E-state index in [9.17, 15) is 0 Å². The quantitative estimate of drug-likeness (QED) is 0.722. The van der Waals surface area contributed by atoms with Gasteiger partial charge in [-0.25, -0.2) is 0 Å². The topological polar surface area (TPSA) is 60.2 Å². The van der Waals surface area contributed by atoms with Gasteiger partial charge in [-0.3, -0.25) is 9.80 Å². The number of benzene rings is 1. The average molecular weight is 440 g/mol. The molecule has 1 aliphatic carbocycles. The molecule has 6 heteroatoms. The molecule has 6 nitrogen and oxygen atoms in total. The Kier molecular flexibility index (Phi) is 6.28. The van der Waals surface area contributed by atoms with Gasteiger partial charge in [-0.2, -0.15) is 0 Å². The second-order valence-corrected chi connectivity index (χ2v) is 9.59. The second-order valence-electron chi connectivity index (χ2n) is 9.59. The van der Waals surface area contributed by atoms with Gasteiger partial charge in [0, 0.05) is 61.5 Å². The molecule has 1 aromatic carbocycles. The van der Waals surface area contributed by atoms with Crippen LogP contribution in [0.1, 0.15) is 39.7 Å². The van der Waals surface area contributed by atoms with Crippen LogP contribution in [0, 0.1) is 5.41 Å². The van der Waals surface area contributed by atoms with Crippen molar-refractivity contribution in [2.75, 3.05) is 46.9 Å². The molecule has 0 saturated carbocycles. The van der Waals surface area contributed by atoms with Crippen LogP contribution in [-0.2, 0) is 11.3 Å². The van der Waals surface area contributed by atoms with Crippen molar-refractivity contribution >= 4 is 0 Å². The van der Waals surface area contributed by atoms with E-state index < -0.39 is 0 Å². The molecule has 4 rings (SSSR count).